The standard InChI is InChI=1S/C12H23NO5S/c1-3-7-13(8-9-14)19(16,17)11-6-4-5-10(11)12(15)18-2/h10-11,14H,3-9H2,1-2H3. The molecule has 0 aliphatic heterocycles. The molecule has 1 rings (SSSR count). The number of esters is 1. The van der Waals surface area contributed by atoms with Crippen molar-refractivity contribution in [3.05, 3.63) is 0 Å². The number of aliphatic hydroxyl groups excluding tert-OH is 1. The summed E-state index contributed by atoms with van der Waals surface area (Å²) in [6.45, 7) is 2.12. The molecule has 1 N–H and O–H groups in total. The van der Waals surface area contributed by atoms with Gasteiger partial charge in [0.2, 0.25) is 10.0 Å². The van der Waals surface area contributed by atoms with Crippen molar-refractivity contribution >= 4 is 16.0 Å². The van der Waals surface area contributed by atoms with Gasteiger partial charge in [-0.05, 0) is 19.3 Å². The molecule has 0 radical (unpaired) electrons. The lowest BCUT2D eigenvalue weighted by atomic mass is 10.1. The Hall–Kier alpha value is -0.660. The molecule has 0 aromatic carbocycles. The Labute approximate surface area is 114 Å². The average Bonchev–Trinajstić information content (AvgIpc) is 2.87. The number of methoxy groups -OCH3 is 1. The Morgan fingerprint density at radius 1 is 1.37 bits per heavy atom. The Morgan fingerprint density at radius 2 is 2.05 bits per heavy atom. The molecule has 0 aromatic heterocycles. The van der Waals surface area contributed by atoms with Crippen molar-refractivity contribution in [1.82, 2.24) is 4.31 Å². The van der Waals surface area contributed by atoms with Crippen molar-refractivity contribution < 1.29 is 23.1 Å². The number of nitrogens with zero attached hydrogens (tertiary/aromatic N) is 1. The van der Waals surface area contributed by atoms with Gasteiger partial charge < -0.3 is 9.84 Å². The van der Waals surface area contributed by atoms with Crippen LogP contribution < -0.4 is 0 Å². The van der Waals surface area contributed by atoms with Crippen LogP contribution in [0, 0.1) is 5.92 Å². The average molecular weight is 293 g/mol. The highest BCUT2D eigenvalue weighted by atomic mass is 32.2. The predicted molar refractivity (Wildman–Crippen MR) is 71.0 cm³/mol. The summed E-state index contributed by atoms with van der Waals surface area (Å²) in [5.74, 6) is -1.03. The first-order chi connectivity index (χ1) is 8.98. The summed E-state index contributed by atoms with van der Waals surface area (Å²) in [6.07, 6.45) is 2.42. The van der Waals surface area contributed by atoms with E-state index in [4.69, 9.17) is 5.11 Å². The first-order valence-electron chi connectivity index (χ1n) is 6.66. The van der Waals surface area contributed by atoms with Gasteiger partial charge in [-0.15, -0.1) is 0 Å². The zero-order valence-corrected chi connectivity index (χ0v) is 12.4. The number of hydrogen-bond donors (Lipinski definition) is 1. The molecule has 19 heavy (non-hydrogen) atoms. The highest BCUT2D eigenvalue weighted by Crippen LogP contribution is 2.33. The normalized spacial score (nSPS) is 23.8. The number of carbonyl (C=O) groups is 1. The first-order valence-corrected chi connectivity index (χ1v) is 8.17. The molecule has 1 aliphatic carbocycles. The maximum absolute atomic E-state index is 12.6. The second-order valence-corrected chi connectivity index (χ2v) is 6.92. The van der Waals surface area contributed by atoms with Crippen LogP contribution >= 0.6 is 0 Å². The van der Waals surface area contributed by atoms with Crippen molar-refractivity contribution in [2.24, 2.45) is 5.92 Å². The minimum atomic E-state index is -3.56. The number of rotatable bonds is 7. The molecule has 7 heteroatoms. The van der Waals surface area contributed by atoms with Gasteiger partial charge in [-0.3, -0.25) is 4.79 Å². The molecule has 6 nitrogen and oxygen atoms in total. The molecule has 0 bridgehead atoms. The van der Waals surface area contributed by atoms with Crippen LogP contribution in [0.25, 0.3) is 0 Å². The van der Waals surface area contributed by atoms with Crippen LogP contribution in [-0.2, 0) is 19.6 Å². The van der Waals surface area contributed by atoms with Gasteiger partial charge in [0.25, 0.3) is 0 Å². The minimum Gasteiger partial charge on any atom is -0.469 e. The van der Waals surface area contributed by atoms with Crippen LogP contribution in [0.5, 0.6) is 0 Å². The van der Waals surface area contributed by atoms with E-state index in [2.05, 4.69) is 4.74 Å². The Bertz CT molecular complexity index is 389. The molecule has 112 valence electrons. The summed E-state index contributed by atoms with van der Waals surface area (Å²) < 4.78 is 31.1. The third kappa shape index (κ3) is 3.67. The lowest BCUT2D eigenvalue weighted by Crippen LogP contribution is -2.44. The third-order valence-corrected chi connectivity index (χ3v) is 5.94. The van der Waals surface area contributed by atoms with Crippen molar-refractivity contribution in [1.29, 1.82) is 0 Å². The zero-order chi connectivity index (χ0) is 14.5. The number of carbonyl (C=O) groups excluding carboxylic acids is 1. The monoisotopic (exact) mass is 293 g/mol. The number of ether oxygens (including phenoxy) is 1. The van der Waals surface area contributed by atoms with E-state index in [9.17, 15) is 13.2 Å². The van der Waals surface area contributed by atoms with Crippen molar-refractivity contribution in [2.45, 2.75) is 37.9 Å². The minimum absolute atomic E-state index is 0.0839. The van der Waals surface area contributed by atoms with Gasteiger partial charge >= 0.3 is 5.97 Å². The van der Waals surface area contributed by atoms with E-state index < -0.39 is 27.2 Å². The van der Waals surface area contributed by atoms with Crippen molar-refractivity contribution in [3.8, 4) is 0 Å². The van der Waals surface area contributed by atoms with Gasteiger partial charge in [0.15, 0.2) is 0 Å². The van der Waals surface area contributed by atoms with Gasteiger partial charge in [0.1, 0.15) is 0 Å². The first kappa shape index (κ1) is 16.4. The van der Waals surface area contributed by atoms with E-state index in [-0.39, 0.29) is 13.2 Å². The molecule has 2 atom stereocenters. The second kappa shape index (κ2) is 7.21. The summed E-state index contributed by atoms with van der Waals surface area (Å²) in [6, 6.07) is 0. The van der Waals surface area contributed by atoms with E-state index in [1.807, 2.05) is 6.92 Å². The second-order valence-electron chi connectivity index (χ2n) is 4.77. The fraction of sp³-hybridized carbons (Fsp3) is 0.917. The van der Waals surface area contributed by atoms with Crippen molar-refractivity contribution in [3.63, 3.8) is 0 Å². The topological polar surface area (TPSA) is 83.9 Å². The highest BCUT2D eigenvalue weighted by molar-refractivity contribution is 7.89. The highest BCUT2D eigenvalue weighted by Gasteiger charge is 2.44. The van der Waals surface area contributed by atoms with Gasteiger partial charge in [0, 0.05) is 13.1 Å². The van der Waals surface area contributed by atoms with Gasteiger partial charge in [0.05, 0.1) is 24.9 Å². The fourth-order valence-electron chi connectivity index (χ4n) is 2.62. The Balaban J connectivity index is 2.93. The molecule has 1 saturated carbocycles. The van der Waals surface area contributed by atoms with E-state index in [1.165, 1.54) is 11.4 Å². The number of aliphatic hydroxyl groups is 1. The summed E-state index contributed by atoms with van der Waals surface area (Å²) in [5, 5.41) is 8.28. The Morgan fingerprint density at radius 3 is 2.58 bits per heavy atom. The number of hydrogen-bond acceptors (Lipinski definition) is 5. The largest absolute Gasteiger partial charge is 0.469 e. The van der Waals surface area contributed by atoms with Crippen LogP contribution in [0.15, 0.2) is 0 Å². The van der Waals surface area contributed by atoms with Gasteiger partial charge in [-0.25, -0.2) is 8.42 Å². The van der Waals surface area contributed by atoms with E-state index in [1.54, 1.807) is 0 Å². The Kier molecular flexibility index (Phi) is 6.22. The maximum Gasteiger partial charge on any atom is 0.310 e. The van der Waals surface area contributed by atoms with Crippen LogP contribution in [0.1, 0.15) is 32.6 Å². The molecule has 0 aromatic rings. The van der Waals surface area contributed by atoms with Gasteiger partial charge in [-0.1, -0.05) is 13.3 Å². The van der Waals surface area contributed by atoms with Crippen molar-refractivity contribution in [2.75, 3.05) is 26.8 Å². The van der Waals surface area contributed by atoms with Crippen LogP contribution in [0.3, 0.4) is 0 Å². The molecule has 1 fully saturated rings. The summed E-state index contributed by atoms with van der Waals surface area (Å²) >= 11 is 0. The summed E-state index contributed by atoms with van der Waals surface area (Å²) in [5.41, 5.74) is 0. The number of sulfonamides is 1. The molecule has 1 aliphatic rings. The quantitative estimate of drug-likeness (QED) is 0.685. The summed E-state index contributed by atoms with van der Waals surface area (Å²) in [4.78, 5) is 11.7. The molecule has 0 heterocycles. The van der Waals surface area contributed by atoms with Crippen LogP contribution in [0.4, 0.5) is 0 Å². The molecule has 0 spiro atoms. The third-order valence-electron chi connectivity index (χ3n) is 3.52. The fourth-order valence-corrected chi connectivity index (χ4v) is 4.91. The molecular formula is C12H23NO5S. The van der Waals surface area contributed by atoms with Gasteiger partial charge in [-0.2, -0.15) is 4.31 Å². The van der Waals surface area contributed by atoms with E-state index >= 15 is 0 Å². The molecular weight excluding hydrogens is 270 g/mol. The maximum atomic E-state index is 12.6. The van der Waals surface area contributed by atoms with E-state index in [0.717, 1.165) is 0 Å². The molecule has 0 saturated heterocycles. The lowest BCUT2D eigenvalue weighted by molar-refractivity contribution is -0.145. The molecule has 0 amide bonds. The zero-order valence-electron chi connectivity index (χ0n) is 11.5. The predicted octanol–water partition coefficient (Wildman–Crippen LogP) is 0.362. The molecule has 2 unspecified atom stereocenters. The van der Waals surface area contributed by atoms with Crippen LogP contribution in [0.2, 0.25) is 0 Å². The lowest BCUT2D eigenvalue weighted by Gasteiger charge is -2.27. The van der Waals surface area contributed by atoms with Crippen LogP contribution in [-0.4, -0.2) is 55.9 Å². The van der Waals surface area contributed by atoms with E-state index in [0.29, 0.717) is 32.2 Å². The smallest absolute Gasteiger partial charge is 0.310 e. The SMILES string of the molecule is CCCN(CCO)S(=O)(=O)C1CCCC1C(=O)OC. The summed E-state index contributed by atoms with van der Waals surface area (Å²) in [7, 11) is -2.28.